The molecule has 15 heavy (non-hydrogen) atoms. The molecule has 1 aliphatic heterocycles. The van der Waals surface area contributed by atoms with E-state index in [1.165, 1.54) is 0 Å². The molecule has 1 fully saturated rings. The number of hydrogen-bond acceptors (Lipinski definition) is 3. The number of ether oxygens (including phenoxy) is 1. The van der Waals surface area contributed by atoms with E-state index in [9.17, 15) is 4.79 Å². The molecule has 2 heterocycles. The summed E-state index contributed by atoms with van der Waals surface area (Å²) in [6.45, 7) is 0.726. The number of carboxylic acids is 1. The molecule has 1 unspecified atom stereocenters. The second-order valence-electron chi connectivity index (χ2n) is 3.43. The summed E-state index contributed by atoms with van der Waals surface area (Å²) in [5.74, 6) is -0.992. The fourth-order valence-corrected chi connectivity index (χ4v) is 2.22. The summed E-state index contributed by atoms with van der Waals surface area (Å²) in [7, 11) is 0. The van der Waals surface area contributed by atoms with E-state index in [1.54, 1.807) is 10.9 Å². The maximum atomic E-state index is 10.8. The van der Waals surface area contributed by atoms with Gasteiger partial charge in [0.2, 0.25) is 0 Å². The molecule has 1 aromatic rings. The fraction of sp³-hybridized carbons (Fsp3) is 0.556. The van der Waals surface area contributed by atoms with Crippen LogP contribution in [-0.4, -0.2) is 27.5 Å². The molecule has 1 saturated heterocycles. The van der Waals surface area contributed by atoms with Gasteiger partial charge in [-0.3, -0.25) is 0 Å². The molecule has 0 amide bonds. The molecule has 1 aromatic heterocycles. The topological polar surface area (TPSA) is 64.3 Å². The van der Waals surface area contributed by atoms with Crippen molar-refractivity contribution in [3.63, 3.8) is 0 Å². The minimum atomic E-state index is -0.992. The van der Waals surface area contributed by atoms with Crippen molar-refractivity contribution in [2.45, 2.75) is 25.5 Å². The lowest BCUT2D eigenvalue weighted by molar-refractivity contribution is -0.0397. The third kappa shape index (κ3) is 2.31. The normalized spacial score (nSPS) is 21.5. The van der Waals surface area contributed by atoms with Gasteiger partial charge < -0.3 is 9.84 Å². The summed E-state index contributed by atoms with van der Waals surface area (Å²) in [4.78, 5) is 10.8. The van der Waals surface area contributed by atoms with E-state index < -0.39 is 5.97 Å². The van der Waals surface area contributed by atoms with E-state index in [1.807, 2.05) is 22.6 Å². The van der Waals surface area contributed by atoms with Gasteiger partial charge in [-0.05, 0) is 41.9 Å². The standard InChI is InChI=1S/C9H11IN2O3/c10-6-5-12(11-8(6)9(13)14)7-3-1-2-4-15-7/h5,7H,1-4H2,(H,13,14). The minimum absolute atomic E-state index is 0.0969. The van der Waals surface area contributed by atoms with Crippen LogP contribution in [0.4, 0.5) is 0 Å². The van der Waals surface area contributed by atoms with Crippen LogP contribution in [0, 0.1) is 3.57 Å². The first kappa shape index (κ1) is 10.9. The van der Waals surface area contributed by atoms with Crippen molar-refractivity contribution < 1.29 is 14.6 Å². The van der Waals surface area contributed by atoms with Crippen LogP contribution in [0.5, 0.6) is 0 Å². The Morgan fingerprint density at radius 2 is 2.47 bits per heavy atom. The summed E-state index contributed by atoms with van der Waals surface area (Å²) in [6.07, 6.45) is 4.70. The van der Waals surface area contributed by atoms with Crippen LogP contribution in [0.1, 0.15) is 36.0 Å². The van der Waals surface area contributed by atoms with Crippen molar-refractivity contribution in [2.24, 2.45) is 0 Å². The Morgan fingerprint density at radius 1 is 1.67 bits per heavy atom. The second kappa shape index (κ2) is 4.48. The van der Waals surface area contributed by atoms with E-state index in [-0.39, 0.29) is 11.9 Å². The van der Waals surface area contributed by atoms with Crippen LogP contribution in [0.25, 0.3) is 0 Å². The van der Waals surface area contributed by atoms with Crippen molar-refractivity contribution >= 4 is 28.6 Å². The Hall–Kier alpha value is -0.630. The van der Waals surface area contributed by atoms with Crippen molar-refractivity contribution in [1.29, 1.82) is 0 Å². The van der Waals surface area contributed by atoms with Gasteiger partial charge in [-0.1, -0.05) is 0 Å². The molecule has 82 valence electrons. The highest BCUT2D eigenvalue weighted by Crippen LogP contribution is 2.23. The average Bonchev–Trinajstić information content (AvgIpc) is 2.62. The lowest BCUT2D eigenvalue weighted by Crippen LogP contribution is -2.19. The molecule has 0 aliphatic carbocycles. The highest BCUT2D eigenvalue weighted by atomic mass is 127. The van der Waals surface area contributed by atoms with Gasteiger partial charge in [0.05, 0.1) is 3.57 Å². The first-order valence-corrected chi connectivity index (χ1v) is 5.86. The zero-order chi connectivity index (χ0) is 10.8. The second-order valence-corrected chi connectivity index (χ2v) is 4.59. The number of aromatic nitrogens is 2. The molecule has 0 aromatic carbocycles. The SMILES string of the molecule is O=C(O)c1nn(C2CCCCO2)cc1I. The zero-order valence-electron chi connectivity index (χ0n) is 8.02. The minimum Gasteiger partial charge on any atom is -0.476 e. The summed E-state index contributed by atoms with van der Waals surface area (Å²) >= 11 is 1.97. The van der Waals surface area contributed by atoms with Crippen LogP contribution < -0.4 is 0 Å². The molecular formula is C9H11IN2O3. The average molecular weight is 322 g/mol. The maximum absolute atomic E-state index is 10.8. The largest absolute Gasteiger partial charge is 0.476 e. The van der Waals surface area contributed by atoms with Gasteiger partial charge in [0.1, 0.15) is 6.23 Å². The summed E-state index contributed by atoms with van der Waals surface area (Å²) in [6, 6.07) is 0. The van der Waals surface area contributed by atoms with Gasteiger partial charge in [0.25, 0.3) is 0 Å². The Kier molecular flexibility index (Phi) is 3.25. The molecule has 0 spiro atoms. The van der Waals surface area contributed by atoms with Gasteiger partial charge >= 0.3 is 5.97 Å². The molecule has 0 bridgehead atoms. The Morgan fingerprint density at radius 3 is 3.00 bits per heavy atom. The van der Waals surface area contributed by atoms with E-state index in [0.29, 0.717) is 3.57 Å². The number of carbonyl (C=O) groups is 1. The molecule has 0 saturated carbocycles. The predicted octanol–water partition coefficient (Wildman–Crippen LogP) is 1.88. The molecule has 1 atom stereocenters. The molecule has 5 nitrogen and oxygen atoms in total. The summed E-state index contributed by atoms with van der Waals surface area (Å²) in [5, 5.41) is 12.9. The number of halogens is 1. The van der Waals surface area contributed by atoms with Gasteiger partial charge in [-0.2, -0.15) is 5.10 Å². The molecule has 2 rings (SSSR count). The predicted molar refractivity (Wildman–Crippen MR) is 60.7 cm³/mol. The Balaban J connectivity index is 2.21. The smallest absolute Gasteiger partial charge is 0.357 e. The third-order valence-electron chi connectivity index (χ3n) is 2.34. The first-order chi connectivity index (χ1) is 7.18. The summed E-state index contributed by atoms with van der Waals surface area (Å²) < 4.78 is 7.78. The van der Waals surface area contributed by atoms with Crippen molar-refractivity contribution in [3.05, 3.63) is 15.5 Å². The lowest BCUT2D eigenvalue weighted by Gasteiger charge is -2.22. The highest BCUT2D eigenvalue weighted by molar-refractivity contribution is 14.1. The zero-order valence-corrected chi connectivity index (χ0v) is 10.2. The fourth-order valence-electron chi connectivity index (χ4n) is 1.59. The lowest BCUT2D eigenvalue weighted by atomic mass is 10.2. The number of nitrogens with zero attached hydrogens (tertiary/aromatic N) is 2. The quantitative estimate of drug-likeness (QED) is 0.845. The Bertz CT molecular complexity index is 371. The van der Waals surface area contributed by atoms with Gasteiger partial charge in [-0.25, -0.2) is 9.48 Å². The number of hydrogen-bond donors (Lipinski definition) is 1. The molecular weight excluding hydrogens is 311 g/mol. The highest BCUT2D eigenvalue weighted by Gasteiger charge is 2.20. The van der Waals surface area contributed by atoms with Crippen LogP contribution in [-0.2, 0) is 4.74 Å². The maximum Gasteiger partial charge on any atom is 0.357 e. The summed E-state index contributed by atoms with van der Waals surface area (Å²) in [5.41, 5.74) is 0.102. The molecule has 6 heteroatoms. The van der Waals surface area contributed by atoms with E-state index in [4.69, 9.17) is 9.84 Å². The molecule has 0 radical (unpaired) electrons. The van der Waals surface area contributed by atoms with Gasteiger partial charge in [-0.15, -0.1) is 0 Å². The van der Waals surface area contributed by atoms with E-state index in [0.717, 1.165) is 25.9 Å². The number of carboxylic acid groups (broad SMARTS) is 1. The first-order valence-electron chi connectivity index (χ1n) is 4.78. The number of rotatable bonds is 2. The number of aromatic carboxylic acids is 1. The van der Waals surface area contributed by atoms with E-state index in [2.05, 4.69) is 5.10 Å². The van der Waals surface area contributed by atoms with E-state index >= 15 is 0 Å². The van der Waals surface area contributed by atoms with Gasteiger partial charge in [0, 0.05) is 12.8 Å². The van der Waals surface area contributed by atoms with Crippen molar-refractivity contribution in [3.8, 4) is 0 Å². The monoisotopic (exact) mass is 322 g/mol. The van der Waals surface area contributed by atoms with Crippen molar-refractivity contribution in [2.75, 3.05) is 6.61 Å². The van der Waals surface area contributed by atoms with Gasteiger partial charge in [0.15, 0.2) is 5.69 Å². The van der Waals surface area contributed by atoms with Crippen LogP contribution in [0.15, 0.2) is 6.20 Å². The molecule has 1 N–H and O–H groups in total. The van der Waals surface area contributed by atoms with Crippen LogP contribution >= 0.6 is 22.6 Å². The van der Waals surface area contributed by atoms with Crippen LogP contribution in [0.3, 0.4) is 0 Å². The third-order valence-corrected chi connectivity index (χ3v) is 3.13. The molecule has 1 aliphatic rings. The Labute approximate surface area is 101 Å². The van der Waals surface area contributed by atoms with Crippen molar-refractivity contribution in [1.82, 2.24) is 9.78 Å². The van der Waals surface area contributed by atoms with Crippen LogP contribution in [0.2, 0.25) is 0 Å².